The molecule has 1 N–H and O–H groups in total. The van der Waals surface area contributed by atoms with Gasteiger partial charge in [-0.2, -0.15) is 5.26 Å². The second-order valence-corrected chi connectivity index (χ2v) is 5.70. The summed E-state index contributed by atoms with van der Waals surface area (Å²) in [6, 6.07) is 14.1. The number of nitrogens with one attached hydrogen (secondary N) is 1. The third-order valence-corrected chi connectivity index (χ3v) is 4.65. The molecule has 2 nitrogen and oxygen atoms in total. The van der Waals surface area contributed by atoms with E-state index in [1.54, 1.807) is 11.8 Å². The topological polar surface area (TPSA) is 35.8 Å². The monoisotopic (exact) mass is 332 g/mol. The van der Waals surface area contributed by atoms with Crippen LogP contribution < -0.4 is 5.32 Å². The van der Waals surface area contributed by atoms with Gasteiger partial charge in [0.25, 0.3) is 0 Å². The molecule has 2 rings (SSSR count). The molecule has 0 atom stereocenters. The molecule has 0 saturated carbocycles. The Balaban J connectivity index is 2.44. The van der Waals surface area contributed by atoms with Gasteiger partial charge in [0.1, 0.15) is 6.07 Å². The lowest BCUT2D eigenvalue weighted by Crippen LogP contribution is -1.96. The first kappa shape index (κ1) is 14.0. The molecule has 0 amide bonds. The summed E-state index contributed by atoms with van der Waals surface area (Å²) in [5.41, 5.74) is 3.64. The number of benzene rings is 2. The van der Waals surface area contributed by atoms with Crippen molar-refractivity contribution in [3.05, 3.63) is 52.0 Å². The van der Waals surface area contributed by atoms with E-state index in [9.17, 15) is 5.26 Å². The molecular weight excluding hydrogens is 320 g/mol. The third-order valence-electron chi connectivity index (χ3n) is 2.82. The van der Waals surface area contributed by atoms with E-state index in [4.69, 9.17) is 0 Å². The van der Waals surface area contributed by atoms with E-state index in [1.165, 1.54) is 0 Å². The summed E-state index contributed by atoms with van der Waals surface area (Å²) < 4.78 is 1.02. The standard InChI is InChI=1S/C15H13BrN2S/c1-10-5-3-7-13(15(10)16)18-12-6-4-8-14(19-2)11(12)9-17/h3-8,18H,1-2H3. The Hall–Kier alpha value is -1.44. The van der Waals surface area contributed by atoms with Crippen molar-refractivity contribution in [1.29, 1.82) is 5.26 Å². The molecule has 0 aliphatic heterocycles. The van der Waals surface area contributed by atoms with Crippen molar-refractivity contribution in [1.82, 2.24) is 0 Å². The summed E-state index contributed by atoms with van der Waals surface area (Å²) in [6.45, 7) is 2.04. The van der Waals surface area contributed by atoms with Crippen LogP contribution in [0, 0.1) is 18.3 Å². The first-order chi connectivity index (χ1) is 9.17. The van der Waals surface area contributed by atoms with Crippen molar-refractivity contribution in [2.45, 2.75) is 11.8 Å². The van der Waals surface area contributed by atoms with E-state index in [2.05, 4.69) is 27.3 Å². The minimum absolute atomic E-state index is 0.684. The predicted molar refractivity (Wildman–Crippen MR) is 85.1 cm³/mol. The summed E-state index contributed by atoms with van der Waals surface area (Å²) in [5, 5.41) is 12.6. The van der Waals surface area contributed by atoms with Crippen LogP contribution in [0.1, 0.15) is 11.1 Å². The highest BCUT2D eigenvalue weighted by atomic mass is 79.9. The average molecular weight is 333 g/mol. The zero-order valence-electron chi connectivity index (χ0n) is 10.7. The quantitative estimate of drug-likeness (QED) is 0.794. The van der Waals surface area contributed by atoms with Crippen LogP contribution in [-0.4, -0.2) is 6.26 Å². The highest BCUT2D eigenvalue weighted by molar-refractivity contribution is 9.10. The molecule has 4 heteroatoms. The molecular formula is C15H13BrN2S. The van der Waals surface area contributed by atoms with Crippen molar-refractivity contribution >= 4 is 39.1 Å². The number of halogens is 1. The molecule has 2 aromatic carbocycles. The number of nitriles is 1. The second-order valence-electron chi connectivity index (χ2n) is 4.06. The Morgan fingerprint density at radius 1 is 1.16 bits per heavy atom. The lowest BCUT2D eigenvalue weighted by Gasteiger charge is -2.13. The largest absolute Gasteiger partial charge is 0.353 e. The Labute approximate surface area is 126 Å². The zero-order valence-corrected chi connectivity index (χ0v) is 13.1. The van der Waals surface area contributed by atoms with Crippen LogP contribution >= 0.6 is 27.7 Å². The number of nitrogens with zero attached hydrogens (tertiary/aromatic N) is 1. The van der Waals surface area contributed by atoms with E-state index >= 15 is 0 Å². The molecule has 0 radical (unpaired) electrons. The predicted octanol–water partition coefficient (Wildman–Crippen LogP) is 5.09. The Morgan fingerprint density at radius 3 is 2.53 bits per heavy atom. The molecule has 0 saturated heterocycles. The van der Waals surface area contributed by atoms with Crippen LogP contribution in [0.2, 0.25) is 0 Å². The Morgan fingerprint density at radius 2 is 1.84 bits per heavy atom. The molecule has 0 bridgehead atoms. The van der Waals surface area contributed by atoms with Crippen molar-refractivity contribution < 1.29 is 0 Å². The summed E-state index contributed by atoms with van der Waals surface area (Å²) >= 11 is 5.15. The molecule has 0 aliphatic rings. The van der Waals surface area contributed by atoms with Gasteiger partial charge >= 0.3 is 0 Å². The Kier molecular flexibility index (Phi) is 4.52. The van der Waals surface area contributed by atoms with Gasteiger partial charge in [-0.3, -0.25) is 0 Å². The molecule has 2 aromatic rings. The maximum Gasteiger partial charge on any atom is 0.103 e. The smallest absolute Gasteiger partial charge is 0.103 e. The number of rotatable bonds is 3. The summed E-state index contributed by atoms with van der Waals surface area (Å²) in [7, 11) is 0. The summed E-state index contributed by atoms with van der Waals surface area (Å²) in [5.74, 6) is 0. The van der Waals surface area contributed by atoms with E-state index < -0.39 is 0 Å². The third kappa shape index (κ3) is 2.94. The van der Waals surface area contributed by atoms with E-state index in [1.807, 2.05) is 49.6 Å². The average Bonchev–Trinajstić information content (AvgIpc) is 2.43. The van der Waals surface area contributed by atoms with Crippen LogP contribution in [0.3, 0.4) is 0 Å². The molecule has 0 aliphatic carbocycles. The summed E-state index contributed by atoms with van der Waals surface area (Å²) in [4.78, 5) is 0.983. The van der Waals surface area contributed by atoms with Crippen LogP contribution in [0.5, 0.6) is 0 Å². The van der Waals surface area contributed by atoms with E-state index in [0.717, 1.165) is 26.3 Å². The first-order valence-electron chi connectivity index (χ1n) is 5.76. The van der Waals surface area contributed by atoms with Crippen LogP contribution in [-0.2, 0) is 0 Å². The summed E-state index contributed by atoms with van der Waals surface area (Å²) in [6.07, 6.45) is 1.97. The maximum absolute atomic E-state index is 9.32. The SMILES string of the molecule is CSc1cccc(Nc2cccc(C)c2Br)c1C#N. The fourth-order valence-electron chi connectivity index (χ4n) is 1.81. The fraction of sp³-hybridized carbons (Fsp3) is 0.133. The lowest BCUT2D eigenvalue weighted by molar-refractivity contribution is 1.35. The molecule has 0 heterocycles. The number of aryl methyl sites for hydroxylation is 1. The molecule has 0 aromatic heterocycles. The van der Waals surface area contributed by atoms with Gasteiger partial charge in [0.05, 0.1) is 16.9 Å². The van der Waals surface area contributed by atoms with Gasteiger partial charge in [-0.1, -0.05) is 18.2 Å². The van der Waals surface area contributed by atoms with E-state index in [-0.39, 0.29) is 0 Å². The van der Waals surface area contributed by atoms with Gasteiger partial charge in [-0.25, -0.2) is 0 Å². The van der Waals surface area contributed by atoms with Gasteiger partial charge in [0, 0.05) is 9.37 Å². The van der Waals surface area contributed by atoms with Gasteiger partial charge in [-0.15, -0.1) is 11.8 Å². The lowest BCUT2D eigenvalue weighted by atomic mass is 10.1. The molecule has 19 heavy (non-hydrogen) atoms. The van der Waals surface area contributed by atoms with Crippen molar-refractivity contribution in [2.75, 3.05) is 11.6 Å². The van der Waals surface area contributed by atoms with Gasteiger partial charge in [0.2, 0.25) is 0 Å². The second kappa shape index (κ2) is 6.14. The van der Waals surface area contributed by atoms with Crippen LogP contribution in [0.15, 0.2) is 45.8 Å². The van der Waals surface area contributed by atoms with Crippen LogP contribution in [0.25, 0.3) is 0 Å². The van der Waals surface area contributed by atoms with Gasteiger partial charge < -0.3 is 5.32 Å². The Bertz CT molecular complexity index is 647. The van der Waals surface area contributed by atoms with Crippen molar-refractivity contribution in [3.8, 4) is 6.07 Å². The highest BCUT2D eigenvalue weighted by Crippen LogP contribution is 2.32. The first-order valence-corrected chi connectivity index (χ1v) is 7.78. The molecule has 96 valence electrons. The normalized spacial score (nSPS) is 10.0. The molecule has 0 spiro atoms. The number of hydrogen-bond acceptors (Lipinski definition) is 3. The maximum atomic E-state index is 9.32. The zero-order chi connectivity index (χ0) is 13.8. The van der Waals surface area contributed by atoms with Crippen LogP contribution in [0.4, 0.5) is 11.4 Å². The minimum atomic E-state index is 0.684. The highest BCUT2D eigenvalue weighted by Gasteiger charge is 2.09. The minimum Gasteiger partial charge on any atom is -0.353 e. The van der Waals surface area contributed by atoms with E-state index in [0.29, 0.717) is 5.56 Å². The number of anilines is 2. The molecule has 0 unspecified atom stereocenters. The van der Waals surface area contributed by atoms with Crippen molar-refractivity contribution in [2.24, 2.45) is 0 Å². The number of thioether (sulfide) groups is 1. The number of hydrogen-bond donors (Lipinski definition) is 1. The van der Waals surface area contributed by atoms with Gasteiger partial charge in [-0.05, 0) is 52.9 Å². The van der Waals surface area contributed by atoms with Crippen molar-refractivity contribution in [3.63, 3.8) is 0 Å². The van der Waals surface area contributed by atoms with Gasteiger partial charge in [0.15, 0.2) is 0 Å². The fourth-order valence-corrected chi connectivity index (χ4v) is 2.75. The molecule has 0 fully saturated rings.